The molecule has 2 heterocycles. The fraction of sp³-hybridized carbons (Fsp3) is 0.105. The molecule has 0 aliphatic heterocycles. The normalized spacial score (nSPS) is 10.1. The molecule has 0 radical (unpaired) electrons. The van der Waals surface area contributed by atoms with E-state index < -0.39 is 5.91 Å². The summed E-state index contributed by atoms with van der Waals surface area (Å²) in [4.78, 5) is 35.9. The van der Waals surface area contributed by atoms with Crippen LogP contribution in [-0.2, 0) is 4.79 Å². The van der Waals surface area contributed by atoms with Crippen molar-refractivity contribution in [1.82, 2.24) is 15.0 Å². The molecule has 0 saturated heterocycles. The highest BCUT2D eigenvalue weighted by molar-refractivity contribution is 6.02. The maximum Gasteiger partial charge on any atom is 0.276 e. The minimum atomic E-state index is -0.457. The molecule has 0 aliphatic carbocycles. The molecule has 2 amide bonds. The summed E-state index contributed by atoms with van der Waals surface area (Å²) in [7, 11) is 1.58. The molecule has 1 aromatic carbocycles. The second-order valence-electron chi connectivity index (χ2n) is 5.53. The zero-order valence-electron chi connectivity index (χ0n) is 14.8. The number of nitrogens with one attached hydrogen (secondary N) is 2. The Bertz CT molecular complexity index is 973. The van der Waals surface area contributed by atoms with Gasteiger partial charge in [-0.15, -0.1) is 0 Å². The van der Waals surface area contributed by atoms with Gasteiger partial charge in [0, 0.05) is 18.7 Å². The minimum Gasteiger partial charge on any atom is -0.496 e. The van der Waals surface area contributed by atoms with Crippen molar-refractivity contribution in [3.05, 3.63) is 60.6 Å². The molecule has 3 rings (SSSR count). The van der Waals surface area contributed by atoms with Crippen molar-refractivity contribution in [2.24, 2.45) is 0 Å². The maximum atomic E-state index is 12.4. The first-order valence-electron chi connectivity index (χ1n) is 8.08. The predicted molar refractivity (Wildman–Crippen MR) is 101 cm³/mol. The molecule has 136 valence electrons. The van der Waals surface area contributed by atoms with Crippen LogP contribution >= 0.6 is 0 Å². The number of carbonyl (C=O) groups excluding carboxylic acids is 2. The zero-order chi connectivity index (χ0) is 19.2. The van der Waals surface area contributed by atoms with Crippen LogP contribution in [0.25, 0.3) is 11.3 Å². The molecular formula is C19H17N5O3. The number of aromatic nitrogens is 3. The van der Waals surface area contributed by atoms with E-state index in [2.05, 4.69) is 25.6 Å². The molecule has 2 aromatic heterocycles. The van der Waals surface area contributed by atoms with E-state index in [-0.39, 0.29) is 17.5 Å². The van der Waals surface area contributed by atoms with Crippen molar-refractivity contribution in [2.75, 3.05) is 17.7 Å². The second kappa shape index (κ2) is 8.05. The Kier molecular flexibility index (Phi) is 5.36. The molecule has 0 fully saturated rings. The number of hydrogen-bond donors (Lipinski definition) is 2. The van der Waals surface area contributed by atoms with Crippen molar-refractivity contribution in [3.8, 4) is 17.0 Å². The summed E-state index contributed by atoms with van der Waals surface area (Å²) in [6.07, 6.45) is 2.96. The lowest BCUT2D eigenvalue weighted by atomic mass is 10.1. The van der Waals surface area contributed by atoms with E-state index in [1.165, 1.54) is 19.2 Å². The Morgan fingerprint density at radius 1 is 1.00 bits per heavy atom. The van der Waals surface area contributed by atoms with E-state index in [1.54, 1.807) is 25.4 Å². The fourth-order valence-electron chi connectivity index (χ4n) is 2.40. The number of ether oxygens (including phenoxy) is 1. The van der Waals surface area contributed by atoms with Gasteiger partial charge >= 0.3 is 0 Å². The number of amides is 2. The number of methoxy groups -OCH3 is 1. The summed E-state index contributed by atoms with van der Waals surface area (Å²) < 4.78 is 5.34. The largest absolute Gasteiger partial charge is 0.496 e. The summed E-state index contributed by atoms with van der Waals surface area (Å²) in [5, 5.41) is 5.20. The van der Waals surface area contributed by atoms with Crippen molar-refractivity contribution in [3.63, 3.8) is 0 Å². The van der Waals surface area contributed by atoms with Gasteiger partial charge in [0.25, 0.3) is 5.91 Å². The van der Waals surface area contributed by atoms with Crippen LogP contribution in [0.5, 0.6) is 5.75 Å². The van der Waals surface area contributed by atoms with Gasteiger partial charge in [0.1, 0.15) is 11.4 Å². The van der Waals surface area contributed by atoms with E-state index in [9.17, 15) is 9.59 Å². The number of anilines is 2. The highest BCUT2D eigenvalue weighted by atomic mass is 16.5. The second-order valence-corrected chi connectivity index (χ2v) is 5.53. The van der Waals surface area contributed by atoms with Crippen molar-refractivity contribution in [2.45, 2.75) is 6.92 Å². The van der Waals surface area contributed by atoms with E-state index in [1.807, 2.05) is 24.3 Å². The van der Waals surface area contributed by atoms with Crippen LogP contribution in [0.2, 0.25) is 0 Å². The third kappa shape index (κ3) is 4.43. The number of para-hydroxylation sites is 1. The molecule has 0 saturated carbocycles. The maximum absolute atomic E-state index is 12.4. The van der Waals surface area contributed by atoms with Crippen LogP contribution < -0.4 is 15.4 Å². The molecule has 0 aliphatic rings. The van der Waals surface area contributed by atoms with Gasteiger partial charge in [-0.2, -0.15) is 0 Å². The minimum absolute atomic E-state index is 0.149. The summed E-state index contributed by atoms with van der Waals surface area (Å²) in [5.41, 5.74) is 2.09. The molecule has 2 N–H and O–H groups in total. The molecular weight excluding hydrogens is 346 g/mol. The number of carbonyl (C=O) groups is 2. The highest BCUT2D eigenvalue weighted by Crippen LogP contribution is 2.28. The van der Waals surface area contributed by atoms with Crippen LogP contribution in [0, 0.1) is 0 Å². The standard InChI is InChI=1S/C19H17N5O3/c1-12(25)22-13-7-8-16(21-11-13)18(26)24-19-20-10-9-15(23-19)14-5-3-4-6-17(14)27-2/h3-11H,1-2H3,(H,22,25)(H,20,23,24,26). The SMILES string of the molecule is COc1ccccc1-c1ccnc(NC(=O)c2ccc(NC(C)=O)cn2)n1. The first-order valence-corrected chi connectivity index (χ1v) is 8.08. The molecule has 3 aromatic rings. The summed E-state index contributed by atoms with van der Waals surface area (Å²) in [6.45, 7) is 1.40. The number of hydrogen-bond acceptors (Lipinski definition) is 6. The van der Waals surface area contributed by atoms with Gasteiger partial charge in [-0.05, 0) is 30.3 Å². The van der Waals surface area contributed by atoms with Gasteiger partial charge < -0.3 is 10.1 Å². The average Bonchev–Trinajstić information content (AvgIpc) is 2.68. The Balaban J connectivity index is 1.78. The fourth-order valence-corrected chi connectivity index (χ4v) is 2.40. The van der Waals surface area contributed by atoms with E-state index in [0.717, 1.165) is 5.56 Å². The van der Waals surface area contributed by atoms with Crippen molar-refractivity contribution < 1.29 is 14.3 Å². The third-order valence-electron chi connectivity index (χ3n) is 3.58. The van der Waals surface area contributed by atoms with Gasteiger partial charge in [0.2, 0.25) is 11.9 Å². The summed E-state index contributed by atoms with van der Waals surface area (Å²) in [6, 6.07) is 12.3. The molecule has 8 heteroatoms. The van der Waals surface area contributed by atoms with Gasteiger partial charge in [-0.25, -0.2) is 15.0 Å². The van der Waals surface area contributed by atoms with E-state index in [0.29, 0.717) is 17.1 Å². The highest BCUT2D eigenvalue weighted by Gasteiger charge is 2.12. The summed E-state index contributed by atoms with van der Waals surface area (Å²) >= 11 is 0. The molecule has 0 bridgehead atoms. The van der Waals surface area contributed by atoms with Crippen LogP contribution in [-0.4, -0.2) is 33.9 Å². The van der Waals surface area contributed by atoms with Crippen LogP contribution in [0.4, 0.5) is 11.6 Å². The first-order chi connectivity index (χ1) is 13.1. The molecule has 0 atom stereocenters. The van der Waals surface area contributed by atoms with Gasteiger partial charge in [0.15, 0.2) is 0 Å². The predicted octanol–water partition coefficient (Wildman–Crippen LogP) is 2.76. The Morgan fingerprint density at radius 2 is 1.81 bits per heavy atom. The molecule has 0 unspecified atom stereocenters. The quantitative estimate of drug-likeness (QED) is 0.722. The Labute approximate surface area is 155 Å². The van der Waals surface area contributed by atoms with E-state index in [4.69, 9.17) is 4.74 Å². The number of nitrogens with zero attached hydrogens (tertiary/aromatic N) is 3. The zero-order valence-corrected chi connectivity index (χ0v) is 14.8. The molecule has 8 nitrogen and oxygen atoms in total. The lowest BCUT2D eigenvalue weighted by molar-refractivity contribution is -0.114. The first kappa shape index (κ1) is 18.0. The Morgan fingerprint density at radius 3 is 2.52 bits per heavy atom. The van der Waals surface area contributed by atoms with Crippen LogP contribution in [0.15, 0.2) is 54.9 Å². The van der Waals surface area contributed by atoms with Crippen molar-refractivity contribution in [1.29, 1.82) is 0 Å². The van der Waals surface area contributed by atoms with Gasteiger partial charge in [-0.1, -0.05) is 12.1 Å². The van der Waals surface area contributed by atoms with Gasteiger partial charge in [-0.3, -0.25) is 14.9 Å². The summed E-state index contributed by atoms with van der Waals surface area (Å²) in [5.74, 6) is 0.150. The van der Waals surface area contributed by atoms with Crippen molar-refractivity contribution >= 4 is 23.5 Å². The number of pyridine rings is 1. The van der Waals surface area contributed by atoms with Gasteiger partial charge in [0.05, 0.1) is 24.7 Å². The lowest BCUT2D eigenvalue weighted by Gasteiger charge is -2.09. The van der Waals surface area contributed by atoms with Crippen LogP contribution in [0.3, 0.4) is 0 Å². The number of benzene rings is 1. The molecule has 0 spiro atoms. The Hall–Kier alpha value is -3.81. The lowest BCUT2D eigenvalue weighted by Crippen LogP contribution is -2.16. The third-order valence-corrected chi connectivity index (χ3v) is 3.58. The molecule has 27 heavy (non-hydrogen) atoms. The smallest absolute Gasteiger partial charge is 0.276 e. The number of rotatable bonds is 5. The monoisotopic (exact) mass is 363 g/mol. The average molecular weight is 363 g/mol. The van der Waals surface area contributed by atoms with E-state index >= 15 is 0 Å². The topological polar surface area (TPSA) is 106 Å². The van der Waals surface area contributed by atoms with Crippen LogP contribution in [0.1, 0.15) is 17.4 Å².